The summed E-state index contributed by atoms with van der Waals surface area (Å²) >= 11 is 0. The lowest BCUT2D eigenvalue weighted by Gasteiger charge is -2.36. The van der Waals surface area contributed by atoms with E-state index in [1.165, 1.54) is 24.0 Å². The molecule has 1 aromatic carbocycles. The van der Waals surface area contributed by atoms with Crippen molar-refractivity contribution in [3.05, 3.63) is 59.2 Å². The number of nitrogens with one attached hydrogen (secondary N) is 1. The number of hydrogen-bond acceptors (Lipinski definition) is 3. The molecule has 0 spiro atoms. The molecule has 3 rings (SSSR count). The zero-order valence-corrected chi connectivity index (χ0v) is 12.1. The maximum atomic E-state index is 4.42. The average Bonchev–Trinajstić information content (AvgIpc) is 2.39. The smallest absolute Gasteiger partial charge is 0.125 e. The molecule has 0 aliphatic heterocycles. The average molecular weight is 267 g/mol. The Morgan fingerprint density at radius 2 is 1.85 bits per heavy atom. The van der Waals surface area contributed by atoms with Gasteiger partial charge in [-0.05, 0) is 44.2 Å². The molecule has 104 valence electrons. The van der Waals surface area contributed by atoms with Crippen LogP contribution in [0.2, 0.25) is 0 Å². The second-order valence-corrected chi connectivity index (χ2v) is 5.75. The van der Waals surface area contributed by atoms with Crippen LogP contribution in [0.3, 0.4) is 0 Å². The third-order valence-corrected chi connectivity index (χ3v) is 4.09. The molecule has 0 atom stereocenters. The normalized spacial score (nSPS) is 21.5. The molecule has 3 heteroatoms. The van der Waals surface area contributed by atoms with Crippen molar-refractivity contribution in [1.82, 2.24) is 15.3 Å². The summed E-state index contributed by atoms with van der Waals surface area (Å²) in [7, 11) is 0. The standard InChI is InChI=1S/C17H21N3/c1-12-3-5-14(6-4-12)15-9-17(10-15)19-11-16-7-8-18-13(2)20-16/h3-8,15,17,19H,9-11H2,1-2H3. The molecule has 0 unspecified atom stereocenters. The fourth-order valence-electron chi connectivity index (χ4n) is 2.75. The van der Waals surface area contributed by atoms with Gasteiger partial charge in [-0.25, -0.2) is 9.97 Å². The largest absolute Gasteiger partial charge is 0.308 e. The molecule has 1 heterocycles. The van der Waals surface area contributed by atoms with E-state index in [0.29, 0.717) is 6.04 Å². The van der Waals surface area contributed by atoms with Gasteiger partial charge in [0.25, 0.3) is 0 Å². The van der Waals surface area contributed by atoms with Gasteiger partial charge in [0, 0.05) is 18.8 Å². The zero-order valence-electron chi connectivity index (χ0n) is 12.1. The van der Waals surface area contributed by atoms with Crippen LogP contribution in [0.15, 0.2) is 36.5 Å². The lowest BCUT2D eigenvalue weighted by molar-refractivity contribution is 0.288. The van der Waals surface area contributed by atoms with Crippen molar-refractivity contribution in [2.24, 2.45) is 0 Å². The first-order valence-corrected chi connectivity index (χ1v) is 7.29. The summed E-state index contributed by atoms with van der Waals surface area (Å²) in [5.74, 6) is 1.57. The molecule has 20 heavy (non-hydrogen) atoms. The van der Waals surface area contributed by atoms with E-state index in [1.807, 2.05) is 19.2 Å². The minimum Gasteiger partial charge on any atom is -0.308 e. The van der Waals surface area contributed by atoms with Crippen molar-refractivity contribution in [3.8, 4) is 0 Å². The Labute approximate surface area is 120 Å². The molecule has 1 aromatic heterocycles. The van der Waals surface area contributed by atoms with Crippen molar-refractivity contribution in [2.45, 2.75) is 45.2 Å². The Morgan fingerprint density at radius 3 is 2.55 bits per heavy atom. The van der Waals surface area contributed by atoms with E-state index >= 15 is 0 Å². The van der Waals surface area contributed by atoms with Gasteiger partial charge in [-0.1, -0.05) is 29.8 Å². The molecule has 2 aromatic rings. The van der Waals surface area contributed by atoms with Crippen LogP contribution in [0, 0.1) is 13.8 Å². The molecule has 0 bridgehead atoms. The van der Waals surface area contributed by atoms with Crippen LogP contribution >= 0.6 is 0 Å². The summed E-state index contributed by atoms with van der Waals surface area (Å²) in [5, 5.41) is 3.58. The van der Waals surface area contributed by atoms with Crippen LogP contribution in [0.25, 0.3) is 0 Å². The minimum atomic E-state index is 0.622. The molecular weight excluding hydrogens is 246 g/mol. The van der Waals surface area contributed by atoms with Crippen molar-refractivity contribution < 1.29 is 0 Å². The minimum absolute atomic E-state index is 0.622. The molecular formula is C17H21N3. The van der Waals surface area contributed by atoms with E-state index in [0.717, 1.165) is 24.0 Å². The Kier molecular flexibility index (Phi) is 3.79. The fourth-order valence-corrected chi connectivity index (χ4v) is 2.75. The van der Waals surface area contributed by atoms with Crippen LogP contribution < -0.4 is 5.32 Å². The fraction of sp³-hybridized carbons (Fsp3) is 0.412. The van der Waals surface area contributed by atoms with Crippen molar-refractivity contribution >= 4 is 0 Å². The van der Waals surface area contributed by atoms with Crippen molar-refractivity contribution in [3.63, 3.8) is 0 Å². The maximum absolute atomic E-state index is 4.42. The first-order chi connectivity index (χ1) is 9.70. The molecule has 0 saturated heterocycles. The zero-order chi connectivity index (χ0) is 13.9. The molecule has 1 saturated carbocycles. The van der Waals surface area contributed by atoms with E-state index in [1.54, 1.807) is 0 Å². The van der Waals surface area contributed by atoms with Gasteiger partial charge in [0.15, 0.2) is 0 Å². The quantitative estimate of drug-likeness (QED) is 0.925. The molecule has 0 radical (unpaired) electrons. The summed E-state index contributed by atoms with van der Waals surface area (Å²) in [5.41, 5.74) is 3.89. The van der Waals surface area contributed by atoms with Crippen LogP contribution in [0.1, 0.15) is 41.4 Å². The molecule has 1 fully saturated rings. The Balaban J connectivity index is 1.48. The summed E-state index contributed by atoms with van der Waals surface area (Å²) in [4.78, 5) is 8.54. The predicted molar refractivity (Wildman–Crippen MR) is 80.6 cm³/mol. The van der Waals surface area contributed by atoms with Gasteiger partial charge in [-0.3, -0.25) is 0 Å². The highest BCUT2D eigenvalue weighted by molar-refractivity contribution is 5.26. The van der Waals surface area contributed by atoms with Gasteiger partial charge < -0.3 is 5.32 Å². The molecule has 1 aliphatic carbocycles. The Morgan fingerprint density at radius 1 is 1.10 bits per heavy atom. The van der Waals surface area contributed by atoms with Gasteiger partial charge in [-0.2, -0.15) is 0 Å². The number of hydrogen-bond donors (Lipinski definition) is 1. The van der Waals surface area contributed by atoms with Gasteiger partial charge in [-0.15, -0.1) is 0 Å². The topological polar surface area (TPSA) is 37.8 Å². The summed E-state index contributed by atoms with van der Waals surface area (Å²) in [6.45, 7) is 4.91. The second kappa shape index (κ2) is 5.71. The van der Waals surface area contributed by atoms with E-state index in [2.05, 4.69) is 46.5 Å². The Hall–Kier alpha value is -1.74. The summed E-state index contributed by atoms with van der Waals surface area (Å²) in [6, 6.07) is 11.6. The molecule has 1 aliphatic rings. The van der Waals surface area contributed by atoms with Gasteiger partial charge in [0.1, 0.15) is 5.82 Å². The summed E-state index contributed by atoms with van der Waals surface area (Å²) < 4.78 is 0. The third-order valence-electron chi connectivity index (χ3n) is 4.09. The van der Waals surface area contributed by atoms with E-state index in [-0.39, 0.29) is 0 Å². The monoisotopic (exact) mass is 267 g/mol. The number of aromatic nitrogens is 2. The number of rotatable bonds is 4. The highest BCUT2D eigenvalue weighted by Crippen LogP contribution is 2.36. The van der Waals surface area contributed by atoms with Gasteiger partial charge >= 0.3 is 0 Å². The molecule has 3 nitrogen and oxygen atoms in total. The second-order valence-electron chi connectivity index (χ2n) is 5.75. The van der Waals surface area contributed by atoms with E-state index in [9.17, 15) is 0 Å². The highest BCUT2D eigenvalue weighted by atomic mass is 15.0. The van der Waals surface area contributed by atoms with Crippen LogP contribution in [-0.4, -0.2) is 16.0 Å². The summed E-state index contributed by atoms with van der Waals surface area (Å²) in [6.07, 6.45) is 4.29. The highest BCUT2D eigenvalue weighted by Gasteiger charge is 2.29. The SMILES string of the molecule is Cc1ccc(C2CC(NCc3ccnc(C)n3)C2)cc1. The van der Waals surface area contributed by atoms with Crippen LogP contribution in [-0.2, 0) is 6.54 Å². The van der Waals surface area contributed by atoms with Gasteiger partial charge in [0.2, 0.25) is 0 Å². The number of benzene rings is 1. The first-order valence-electron chi connectivity index (χ1n) is 7.29. The lowest BCUT2D eigenvalue weighted by Crippen LogP contribution is -2.39. The maximum Gasteiger partial charge on any atom is 0.125 e. The van der Waals surface area contributed by atoms with Crippen molar-refractivity contribution in [2.75, 3.05) is 0 Å². The molecule has 0 amide bonds. The Bertz CT molecular complexity index is 571. The number of aryl methyl sites for hydroxylation is 2. The van der Waals surface area contributed by atoms with Gasteiger partial charge in [0.05, 0.1) is 5.69 Å². The number of nitrogens with zero attached hydrogens (tertiary/aromatic N) is 2. The third kappa shape index (κ3) is 3.05. The lowest BCUT2D eigenvalue weighted by atomic mass is 9.76. The molecule has 1 N–H and O–H groups in total. The first kappa shape index (κ1) is 13.3. The van der Waals surface area contributed by atoms with E-state index < -0.39 is 0 Å². The van der Waals surface area contributed by atoms with Crippen molar-refractivity contribution in [1.29, 1.82) is 0 Å². The predicted octanol–water partition coefficient (Wildman–Crippen LogP) is 3.13. The van der Waals surface area contributed by atoms with E-state index in [4.69, 9.17) is 0 Å². The van der Waals surface area contributed by atoms with Crippen LogP contribution in [0.5, 0.6) is 0 Å². The van der Waals surface area contributed by atoms with Crippen LogP contribution in [0.4, 0.5) is 0 Å².